The molecule has 1 unspecified atom stereocenters. The smallest absolute Gasteiger partial charge is 0.223 e. The van der Waals surface area contributed by atoms with Crippen LogP contribution in [0.5, 0.6) is 0 Å². The monoisotopic (exact) mass is 207 g/mol. The molecule has 0 fully saturated rings. The van der Waals surface area contributed by atoms with Gasteiger partial charge < -0.3 is 4.90 Å². The van der Waals surface area contributed by atoms with Gasteiger partial charge in [-0.25, -0.2) is 0 Å². The minimum Gasteiger partial charge on any atom is -0.342 e. The summed E-state index contributed by atoms with van der Waals surface area (Å²) in [5, 5.41) is 0. The van der Waals surface area contributed by atoms with Crippen LogP contribution in [0.3, 0.4) is 0 Å². The van der Waals surface area contributed by atoms with E-state index in [0.29, 0.717) is 18.2 Å². The SMILES string of the molecule is CSCC(C)N(C)C(=O)CCS. The first kappa shape index (κ1) is 12.2. The van der Waals surface area contributed by atoms with Crippen LogP contribution in [0.1, 0.15) is 13.3 Å². The highest BCUT2D eigenvalue weighted by Crippen LogP contribution is 2.05. The molecular weight excluding hydrogens is 190 g/mol. The largest absolute Gasteiger partial charge is 0.342 e. The second-order valence-electron chi connectivity index (χ2n) is 2.78. The van der Waals surface area contributed by atoms with Crippen LogP contribution < -0.4 is 0 Å². The van der Waals surface area contributed by atoms with E-state index < -0.39 is 0 Å². The minimum atomic E-state index is 0.187. The van der Waals surface area contributed by atoms with Crippen molar-refractivity contribution < 1.29 is 4.79 Å². The standard InChI is InChI=1S/C8H17NOS2/c1-7(6-12-3)9(2)8(10)4-5-11/h7,11H,4-6H2,1-3H3. The molecule has 0 bridgehead atoms. The first-order valence-corrected chi connectivity index (χ1v) is 6.01. The van der Waals surface area contributed by atoms with Crippen LogP contribution in [0.15, 0.2) is 0 Å². The molecule has 0 saturated heterocycles. The lowest BCUT2D eigenvalue weighted by atomic mass is 10.3. The molecule has 0 aliphatic rings. The van der Waals surface area contributed by atoms with Crippen molar-refractivity contribution >= 4 is 30.3 Å². The molecule has 0 aromatic carbocycles. The highest BCUT2D eigenvalue weighted by atomic mass is 32.2. The fraction of sp³-hybridized carbons (Fsp3) is 0.875. The Kier molecular flexibility index (Phi) is 6.76. The zero-order valence-electron chi connectivity index (χ0n) is 7.91. The number of nitrogens with zero attached hydrogens (tertiary/aromatic N) is 1. The number of thioether (sulfide) groups is 1. The van der Waals surface area contributed by atoms with Crippen molar-refractivity contribution in [3.05, 3.63) is 0 Å². The maximum atomic E-state index is 11.3. The number of hydrogen-bond donors (Lipinski definition) is 1. The summed E-state index contributed by atoms with van der Waals surface area (Å²) in [4.78, 5) is 13.1. The van der Waals surface area contributed by atoms with Crippen LogP contribution in [0.4, 0.5) is 0 Å². The number of hydrogen-bond acceptors (Lipinski definition) is 3. The Morgan fingerprint density at radius 3 is 2.67 bits per heavy atom. The van der Waals surface area contributed by atoms with Gasteiger partial charge in [0.2, 0.25) is 5.91 Å². The summed E-state index contributed by atoms with van der Waals surface area (Å²) in [5.41, 5.74) is 0. The van der Waals surface area contributed by atoms with Crippen molar-refractivity contribution in [2.75, 3.05) is 24.8 Å². The molecule has 0 spiro atoms. The first-order valence-electron chi connectivity index (χ1n) is 3.99. The van der Waals surface area contributed by atoms with Gasteiger partial charge in [-0.1, -0.05) is 0 Å². The lowest BCUT2D eigenvalue weighted by molar-refractivity contribution is -0.130. The Morgan fingerprint density at radius 1 is 1.67 bits per heavy atom. The van der Waals surface area contributed by atoms with Crippen molar-refractivity contribution in [3.63, 3.8) is 0 Å². The molecule has 1 amide bonds. The van der Waals surface area contributed by atoms with Crippen LogP contribution in [-0.2, 0) is 4.79 Å². The van der Waals surface area contributed by atoms with Crippen LogP contribution in [0.2, 0.25) is 0 Å². The summed E-state index contributed by atoms with van der Waals surface area (Å²) in [6.07, 6.45) is 2.59. The summed E-state index contributed by atoms with van der Waals surface area (Å²) in [6, 6.07) is 0.326. The molecular formula is C8H17NOS2. The van der Waals surface area contributed by atoms with Crippen LogP contribution >= 0.6 is 24.4 Å². The van der Waals surface area contributed by atoms with Gasteiger partial charge in [-0.3, -0.25) is 4.79 Å². The number of rotatable bonds is 5. The second-order valence-corrected chi connectivity index (χ2v) is 4.14. The average molecular weight is 207 g/mol. The molecule has 0 aromatic rings. The maximum Gasteiger partial charge on any atom is 0.223 e. The summed E-state index contributed by atoms with van der Waals surface area (Å²) >= 11 is 5.78. The number of thiol groups is 1. The molecule has 0 radical (unpaired) electrons. The van der Waals surface area contributed by atoms with E-state index in [4.69, 9.17) is 0 Å². The van der Waals surface area contributed by atoms with Gasteiger partial charge in [0, 0.05) is 25.3 Å². The molecule has 0 aliphatic carbocycles. The van der Waals surface area contributed by atoms with Gasteiger partial charge in [0.1, 0.15) is 0 Å². The first-order chi connectivity index (χ1) is 5.63. The van der Waals surface area contributed by atoms with E-state index >= 15 is 0 Å². The topological polar surface area (TPSA) is 20.3 Å². The summed E-state index contributed by atoms with van der Waals surface area (Å²) in [6.45, 7) is 2.06. The molecule has 72 valence electrons. The van der Waals surface area contributed by atoms with E-state index in [-0.39, 0.29) is 5.91 Å². The Hall–Kier alpha value is 0.170. The van der Waals surface area contributed by atoms with Crippen LogP contribution in [0.25, 0.3) is 0 Å². The Morgan fingerprint density at radius 2 is 2.25 bits per heavy atom. The van der Waals surface area contributed by atoms with Gasteiger partial charge >= 0.3 is 0 Å². The van der Waals surface area contributed by atoms with Crippen molar-refractivity contribution in [3.8, 4) is 0 Å². The van der Waals surface area contributed by atoms with Crippen molar-refractivity contribution in [2.24, 2.45) is 0 Å². The fourth-order valence-electron chi connectivity index (χ4n) is 0.871. The maximum absolute atomic E-state index is 11.3. The van der Waals surface area contributed by atoms with Crippen molar-refractivity contribution in [1.29, 1.82) is 0 Å². The highest BCUT2D eigenvalue weighted by Gasteiger charge is 2.13. The molecule has 0 saturated carbocycles. The number of carbonyl (C=O) groups is 1. The predicted octanol–water partition coefficient (Wildman–Crippen LogP) is 1.52. The van der Waals surface area contributed by atoms with E-state index in [2.05, 4.69) is 19.6 Å². The zero-order chi connectivity index (χ0) is 9.56. The second kappa shape index (κ2) is 6.66. The molecule has 0 heterocycles. The van der Waals surface area contributed by atoms with Gasteiger partial charge in [-0.15, -0.1) is 0 Å². The molecule has 1 atom stereocenters. The molecule has 0 N–H and O–H groups in total. The van der Waals surface area contributed by atoms with Crippen LogP contribution in [-0.4, -0.2) is 41.7 Å². The summed E-state index contributed by atoms with van der Waals surface area (Å²) in [7, 11) is 1.85. The normalized spacial score (nSPS) is 12.7. The van der Waals surface area contributed by atoms with Crippen LogP contribution in [0, 0.1) is 0 Å². The quantitative estimate of drug-likeness (QED) is 0.690. The van der Waals surface area contributed by atoms with Crippen molar-refractivity contribution in [1.82, 2.24) is 4.90 Å². The number of amides is 1. The van der Waals surface area contributed by atoms with Crippen molar-refractivity contribution in [2.45, 2.75) is 19.4 Å². The van der Waals surface area contributed by atoms with Gasteiger partial charge in [0.15, 0.2) is 0 Å². The Bertz CT molecular complexity index is 141. The molecule has 0 rings (SSSR count). The summed E-state index contributed by atoms with van der Waals surface area (Å²) < 4.78 is 0. The summed E-state index contributed by atoms with van der Waals surface area (Å²) in [5.74, 6) is 1.82. The van der Waals surface area contributed by atoms with E-state index in [1.165, 1.54) is 0 Å². The lowest BCUT2D eigenvalue weighted by Crippen LogP contribution is -2.36. The van der Waals surface area contributed by atoms with Gasteiger partial charge in [-0.05, 0) is 18.9 Å². The third-order valence-corrected chi connectivity index (χ3v) is 2.83. The minimum absolute atomic E-state index is 0.187. The van der Waals surface area contributed by atoms with E-state index in [1.54, 1.807) is 16.7 Å². The third kappa shape index (κ3) is 4.26. The number of carbonyl (C=O) groups excluding carboxylic acids is 1. The molecule has 4 heteroatoms. The van der Waals surface area contributed by atoms with Gasteiger partial charge in [0.05, 0.1) is 0 Å². The fourth-order valence-corrected chi connectivity index (χ4v) is 1.77. The van der Waals surface area contributed by atoms with E-state index in [9.17, 15) is 4.79 Å². The molecule has 12 heavy (non-hydrogen) atoms. The zero-order valence-corrected chi connectivity index (χ0v) is 9.62. The lowest BCUT2D eigenvalue weighted by Gasteiger charge is -2.23. The van der Waals surface area contributed by atoms with E-state index in [1.807, 2.05) is 13.3 Å². The molecule has 0 aromatic heterocycles. The highest BCUT2D eigenvalue weighted by molar-refractivity contribution is 7.98. The Balaban J connectivity index is 3.82. The van der Waals surface area contributed by atoms with Gasteiger partial charge in [-0.2, -0.15) is 24.4 Å². The third-order valence-electron chi connectivity index (χ3n) is 1.79. The van der Waals surface area contributed by atoms with Gasteiger partial charge in [0.25, 0.3) is 0 Å². The predicted molar refractivity (Wildman–Crippen MR) is 59.1 cm³/mol. The molecule has 2 nitrogen and oxygen atoms in total. The van der Waals surface area contributed by atoms with E-state index in [0.717, 1.165) is 5.75 Å². The Labute approximate surface area is 84.5 Å². The average Bonchev–Trinajstić information content (AvgIpc) is 2.04. The molecule has 0 aliphatic heterocycles.